The van der Waals surface area contributed by atoms with Gasteiger partial charge in [0, 0.05) is 14.2 Å². The van der Waals surface area contributed by atoms with E-state index in [0.717, 1.165) is 4.47 Å². The number of halogens is 1. The molecule has 4 aromatic rings. The van der Waals surface area contributed by atoms with Crippen LogP contribution in [0.25, 0.3) is 32.0 Å². The van der Waals surface area contributed by atoms with E-state index in [1.54, 1.807) is 0 Å². The van der Waals surface area contributed by atoms with Crippen LogP contribution in [-0.2, 0) is 0 Å². The van der Waals surface area contributed by atoms with Crippen LogP contribution in [0.2, 0.25) is 0 Å². The Morgan fingerprint density at radius 3 is 1.50 bits per heavy atom. The Bertz CT molecular complexity index is 935. The molecule has 0 radical (unpaired) electrons. The van der Waals surface area contributed by atoms with Crippen LogP contribution in [0.5, 0.6) is 0 Å². The first-order valence-corrected chi connectivity index (χ1v) is 9.42. The third-order valence-electron chi connectivity index (χ3n) is 4.01. The van der Waals surface area contributed by atoms with Crippen LogP contribution in [0.4, 0.5) is 0 Å². The van der Waals surface area contributed by atoms with Crippen molar-refractivity contribution in [2.75, 3.05) is 0 Å². The fourth-order valence-electron chi connectivity index (χ4n) is 2.72. The highest BCUT2D eigenvalue weighted by Crippen LogP contribution is 2.35. The molecular weight excluding hydrogens is 376 g/mol. The van der Waals surface area contributed by atoms with Crippen molar-refractivity contribution in [2.45, 2.75) is 0 Å². The van der Waals surface area contributed by atoms with E-state index in [9.17, 15) is 0 Å². The summed E-state index contributed by atoms with van der Waals surface area (Å²) in [5.41, 5.74) is 5.02. The second kappa shape index (κ2) is 6.76. The summed E-state index contributed by atoms with van der Waals surface area (Å²) in [6.45, 7) is 0. The van der Waals surface area contributed by atoms with Crippen LogP contribution in [0, 0.1) is 0 Å². The largest absolute Gasteiger partial charge is 0.135 e. The van der Waals surface area contributed by atoms with Crippen molar-refractivity contribution < 1.29 is 0 Å². The monoisotopic (exact) mass is 390 g/mol. The van der Waals surface area contributed by atoms with Gasteiger partial charge in [-0.2, -0.15) is 0 Å². The summed E-state index contributed by atoms with van der Waals surface area (Å²) < 4.78 is 1.11. The lowest BCUT2D eigenvalue weighted by atomic mass is 10.0. The Hall–Kier alpha value is -2.16. The zero-order chi connectivity index (χ0) is 16.4. The lowest BCUT2D eigenvalue weighted by Gasteiger charge is -2.04. The van der Waals surface area contributed by atoms with Gasteiger partial charge in [0.05, 0.1) is 0 Å². The standard InChI is InChI=1S/C22H15BrS/c23-20-12-10-17(11-13-20)16-6-8-19(9-7-16)22-15-14-21(24-22)18-4-2-1-3-5-18/h1-15H. The summed E-state index contributed by atoms with van der Waals surface area (Å²) in [4.78, 5) is 2.61. The van der Waals surface area contributed by atoms with Gasteiger partial charge in [-0.25, -0.2) is 0 Å². The van der Waals surface area contributed by atoms with Gasteiger partial charge in [-0.05, 0) is 46.5 Å². The Morgan fingerprint density at radius 1 is 0.458 bits per heavy atom. The van der Waals surface area contributed by atoms with Crippen molar-refractivity contribution in [3.63, 3.8) is 0 Å². The highest BCUT2D eigenvalue weighted by Gasteiger charge is 2.05. The molecule has 116 valence electrons. The van der Waals surface area contributed by atoms with E-state index in [2.05, 4.69) is 107 Å². The topological polar surface area (TPSA) is 0 Å². The van der Waals surface area contributed by atoms with Gasteiger partial charge in [0.15, 0.2) is 0 Å². The minimum atomic E-state index is 1.11. The zero-order valence-electron chi connectivity index (χ0n) is 12.9. The number of hydrogen-bond donors (Lipinski definition) is 0. The summed E-state index contributed by atoms with van der Waals surface area (Å²) in [7, 11) is 0. The first-order chi connectivity index (χ1) is 11.8. The average Bonchev–Trinajstić information content (AvgIpc) is 3.13. The molecule has 0 bridgehead atoms. The van der Waals surface area contributed by atoms with E-state index in [1.165, 1.54) is 32.0 Å². The molecule has 0 nitrogen and oxygen atoms in total. The van der Waals surface area contributed by atoms with Gasteiger partial charge in [-0.1, -0.05) is 82.7 Å². The van der Waals surface area contributed by atoms with Gasteiger partial charge in [0.1, 0.15) is 0 Å². The van der Waals surface area contributed by atoms with Crippen LogP contribution >= 0.6 is 27.3 Å². The molecule has 0 fully saturated rings. The molecule has 3 aromatic carbocycles. The molecule has 0 spiro atoms. The molecule has 0 aliphatic rings. The first kappa shape index (κ1) is 15.4. The lowest BCUT2D eigenvalue weighted by molar-refractivity contribution is 1.59. The normalized spacial score (nSPS) is 10.7. The van der Waals surface area contributed by atoms with E-state index >= 15 is 0 Å². The molecule has 0 atom stereocenters. The maximum Gasteiger partial charge on any atom is 0.0349 e. The Balaban J connectivity index is 1.61. The highest BCUT2D eigenvalue weighted by atomic mass is 79.9. The molecule has 0 saturated heterocycles. The van der Waals surface area contributed by atoms with E-state index < -0.39 is 0 Å². The van der Waals surface area contributed by atoms with Crippen molar-refractivity contribution in [3.8, 4) is 32.0 Å². The third kappa shape index (κ3) is 3.21. The Morgan fingerprint density at radius 2 is 0.917 bits per heavy atom. The lowest BCUT2D eigenvalue weighted by Crippen LogP contribution is -1.78. The molecule has 0 unspecified atom stereocenters. The van der Waals surface area contributed by atoms with Gasteiger partial charge < -0.3 is 0 Å². The summed E-state index contributed by atoms with van der Waals surface area (Å²) >= 11 is 5.32. The van der Waals surface area contributed by atoms with Crippen molar-refractivity contribution in [1.29, 1.82) is 0 Å². The number of rotatable bonds is 3. The molecule has 2 heteroatoms. The molecule has 4 rings (SSSR count). The second-order valence-electron chi connectivity index (χ2n) is 5.61. The maximum absolute atomic E-state index is 3.48. The van der Waals surface area contributed by atoms with Crippen molar-refractivity contribution in [2.24, 2.45) is 0 Å². The fraction of sp³-hybridized carbons (Fsp3) is 0. The number of benzene rings is 3. The third-order valence-corrected chi connectivity index (χ3v) is 5.72. The number of thiophene rings is 1. The highest BCUT2D eigenvalue weighted by molar-refractivity contribution is 9.10. The van der Waals surface area contributed by atoms with Crippen molar-refractivity contribution in [1.82, 2.24) is 0 Å². The van der Waals surface area contributed by atoms with Crippen LogP contribution in [0.1, 0.15) is 0 Å². The predicted octanol–water partition coefficient (Wildman–Crippen LogP) is 7.51. The number of hydrogen-bond acceptors (Lipinski definition) is 1. The summed E-state index contributed by atoms with van der Waals surface area (Å²) in [5.74, 6) is 0. The zero-order valence-corrected chi connectivity index (χ0v) is 15.3. The molecule has 1 heterocycles. The molecule has 0 aliphatic heterocycles. The average molecular weight is 391 g/mol. The SMILES string of the molecule is Brc1ccc(-c2ccc(-c3ccc(-c4ccccc4)s3)cc2)cc1. The molecule has 1 aromatic heterocycles. The van der Waals surface area contributed by atoms with Gasteiger partial charge in [0.25, 0.3) is 0 Å². The summed E-state index contributed by atoms with van der Waals surface area (Å²) in [6, 6.07) is 32.2. The van der Waals surface area contributed by atoms with Crippen LogP contribution in [-0.4, -0.2) is 0 Å². The molecule has 0 amide bonds. The molecular formula is C22H15BrS. The van der Waals surface area contributed by atoms with Gasteiger partial charge in [0.2, 0.25) is 0 Å². The summed E-state index contributed by atoms with van der Waals surface area (Å²) in [5, 5.41) is 0. The van der Waals surface area contributed by atoms with Gasteiger partial charge in [-0.3, -0.25) is 0 Å². The maximum atomic E-state index is 3.48. The van der Waals surface area contributed by atoms with Crippen LogP contribution < -0.4 is 0 Å². The molecule has 24 heavy (non-hydrogen) atoms. The van der Waals surface area contributed by atoms with Crippen molar-refractivity contribution >= 4 is 27.3 Å². The fourth-order valence-corrected chi connectivity index (χ4v) is 4.00. The van der Waals surface area contributed by atoms with Gasteiger partial charge >= 0.3 is 0 Å². The first-order valence-electron chi connectivity index (χ1n) is 7.81. The molecule has 0 aliphatic carbocycles. The van der Waals surface area contributed by atoms with Crippen molar-refractivity contribution in [3.05, 3.63) is 95.5 Å². The molecule has 0 saturated carbocycles. The Kier molecular flexibility index (Phi) is 4.33. The smallest absolute Gasteiger partial charge is 0.0349 e. The Labute approximate surface area is 154 Å². The minimum Gasteiger partial charge on any atom is -0.135 e. The van der Waals surface area contributed by atoms with Gasteiger partial charge in [-0.15, -0.1) is 11.3 Å². The van der Waals surface area contributed by atoms with Crippen LogP contribution in [0.15, 0.2) is 95.5 Å². The predicted molar refractivity (Wildman–Crippen MR) is 108 cm³/mol. The van der Waals surface area contributed by atoms with E-state index in [0.29, 0.717) is 0 Å². The van der Waals surface area contributed by atoms with Crippen LogP contribution in [0.3, 0.4) is 0 Å². The summed E-state index contributed by atoms with van der Waals surface area (Å²) in [6.07, 6.45) is 0. The quantitative estimate of drug-likeness (QED) is 0.339. The van der Waals surface area contributed by atoms with E-state index in [4.69, 9.17) is 0 Å². The van der Waals surface area contributed by atoms with E-state index in [-0.39, 0.29) is 0 Å². The minimum absolute atomic E-state index is 1.11. The van der Waals surface area contributed by atoms with E-state index in [1.807, 2.05) is 11.3 Å². The second-order valence-corrected chi connectivity index (χ2v) is 7.61. The molecule has 0 N–H and O–H groups in total.